The van der Waals surface area contributed by atoms with Gasteiger partial charge in [0.05, 0.1) is 0 Å². The average Bonchev–Trinajstić information content (AvgIpc) is 2.47. The van der Waals surface area contributed by atoms with E-state index < -0.39 is 11.9 Å². The molecule has 126 valence electrons. The van der Waals surface area contributed by atoms with Crippen LogP contribution in [0.2, 0.25) is 0 Å². The van der Waals surface area contributed by atoms with E-state index in [9.17, 15) is 13.2 Å². The molecule has 0 saturated carbocycles. The molecule has 1 fully saturated rings. The highest BCUT2D eigenvalue weighted by Gasteiger charge is 2.32. The van der Waals surface area contributed by atoms with Crippen LogP contribution >= 0.6 is 0 Å². The lowest BCUT2D eigenvalue weighted by molar-refractivity contribution is -0.141. The highest BCUT2D eigenvalue weighted by molar-refractivity contribution is 5.13. The van der Waals surface area contributed by atoms with Crippen LogP contribution in [0.5, 0.6) is 0 Å². The summed E-state index contributed by atoms with van der Waals surface area (Å²) < 4.78 is 36.1. The van der Waals surface area contributed by atoms with E-state index in [2.05, 4.69) is 35.9 Å². The van der Waals surface area contributed by atoms with Gasteiger partial charge >= 0.3 is 6.18 Å². The number of alkyl halides is 3. The molecule has 0 spiro atoms. The second-order valence-electron chi connectivity index (χ2n) is 5.89. The van der Waals surface area contributed by atoms with Gasteiger partial charge in [-0.2, -0.15) is 13.2 Å². The molecule has 1 aromatic heterocycles. The first-order valence-corrected chi connectivity index (χ1v) is 7.62. The molecule has 0 radical (unpaired) electrons. The van der Waals surface area contributed by atoms with Gasteiger partial charge < -0.3 is 9.80 Å². The maximum atomic E-state index is 12.0. The number of halogens is 3. The molecule has 1 aliphatic heterocycles. The van der Waals surface area contributed by atoms with Crippen molar-refractivity contribution in [3.8, 4) is 0 Å². The molecular formula is C16H26F3N3. The fraction of sp³-hybridized carbons (Fsp3) is 0.688. The monoisotopic (exact) mass is 317 g/mol. The van der Waals surface area contributed by atoms with E-state index in [-0.39, 0.29) is 0 Å². The van der Waals surface area contributed by atoms with Crippen molar-refractivity contribution in [3.05, 3.63) is 29.6 Å². The molecular weight excluding hydrogens is 291 g/mol. The minimum absolute atomic E-state index is 0.463. The van der Waals surface area contributed by atoms with Gasteiger partial charge in [-0.15, -0.1) is 0 Å². The molecule has 2 heterocycles. The fourth-order valence-electron chi connectivity index (χ4n) is 2.40. The summed E-state index contributed by atoms with van der Waals surface area (Å²) in [6.07, 6.45) is -1.08. The maximum absolute atomic E-state index is 12.0. The Morgan fingerprint density at radius 2 is 2.00 bits per heavy atom. The Morgan fingerprint density at radius 1 is 1.32 bits per heavy atom. The molecule has 0 aromatic carbocycles. The number of aryl methyl sites for hydroxylation is 1. The zero-order chi connectivity index (χ0) is 16.8. The van der Waals surface area contributed by atoms with Gasteiger partial charge in [-0.1, -0.05) is 13.0 Å². The van der Waals surface area contributed by atoms with Gasteiger partial charge in [0.1, 0.15) is 5.69 Å². The number of piperidine rings is 1. The van der Waals surface area contributed by atoms with E-state index >= 15 is 0 Å². The summed E-state index contributed by atoms with van der Waals surface area (Å²) in [6, 6.07) is 4.71. The number of aromatic nitrogens is 1. The third-order valence-electron chi connectivity index (χ3n) is 3.79. The van der Waals surface area contributed by atoms with Gasteiger partial charge in [0.2, 0.25) is 0 Å². The summed E-state index contributed by atoms with van der Waals surface area (Å²) in [6.45, 7) is 4.29. The van der Waals surface area contributed by atoms with Crippen molar-refractivity contribution < 1.29 is 13.2 Å². The molecule has 2 rings (SSSR count). The molecule has 1 unspecified atom stereocenters. The van der Waals surface area contributed by atoms with Crippen molar-refractivity contribution in [2.45, 2.75) is 38.4 Å². The van der Waals surface area contributed by atoms with Crippen LogP contribution in [-0.2, 0) is 12.6 Å². The minimum atomic E-state index is -4.33. The summed E-state index contributed by atoms with van der Waals surface area (Å²) in [4.78, 5) is 8.18. The molecule has 0 bridgehead atoms. The number of hydrogen-bond acceptors (Lipinski definition) is 3. The molecule has 0 N–H and O–H groups in total. The average molecular weight is 317 g/mol. The quantitative estimate of drug-likeness (QED) is 0.834. The van der Waals surface area contributed by atoms with Gasteiger partial charge in [0, 0.05) is 18.3 Å². The predicted molar refractivity (Wildman–Crippen MR) is 82.8 cm³/mol. The zero-order valence-electron chi connectivity index (χ0n) is 13.8. The third kappa shape index (κ3) is 6.32. The van der Waals surface area contributed by atoms with Gasteiger partial charge in [0.15, 0.2) is 0 Å². The van der Waals surface area contributed by atoms with Crippen molar-refractivity contribution in [3.63, 3.8) is 0 Å². The Kier molecular flexibility index (Phi) is 7.29. The van der Waals surface area contributed by atoms with Crippen molar-refractivity contribution >= 4 is 0 Å². The molecule has 0 amide bonds. The smallest absolute Gasteiger partial charge is 0.305 e. The van der Waals surface area contributed by atoms with Crippen LogP contribution in [0.4, 0.5) is 13.2 Å². The van der Waals surface area contributed by atoms with E-state index in [1.165, 1.54) is 32.0 Å². The highest BCUT2D eigenvalue weighted by atomic mass is 19.4. The summed E-state index contributed by atoms with van der Waals surface area (Å²) in [7, 11) is 6.54. The van der Waals surface area contributed by atoms with Gasteiger partial charge in [-0.3, -0.25) is 0 Å². The Balaban J connectivity index is 0.000000224. The lowest BCUT2D eigenvalue weighted by Gasteiger charge is -2.33. The molecule has 6 heteroatoms. The number of hydrogen-bond donors (Lipinski definition) is 0. The number of likely N-dealkylation sites (N-methyl/N-ethyl adjacent to an activating group) is 2. The second kappa shape index (κ2) is 8.48. The second-order valence-corrected chi connectivity index (χ2v) is 5.89. The molecule has 1 saturated heterocycles. The van der Waals surface area contributed by atoms with Crippen molar-refractivity contribution in [1.82, 2.24) is 14.8 Å². The molecule has 1 atom stereocenters. The first kappa shape index (κ1) is 18.9. The molecule has 22 heavy (non-hydrogen) atoms. The lowest BCUT2D eigenvalue weighted by atomic mass is 10.1. The summed E-state index contributed by atoms with van der Waals surface area (Å²) in [5, 5.41) is 0. The van der Waals surface area contributed by atoms with Crippen LogP contribution in [0.1, 0.15) is 31.2 Å². The lowest BCUT2D eigenvalue weighted by Crippen LogP contribution is -2.43. The Labute approximate surface area is 131 Å². The van der Waals surface area contributed by atoms with Crippen LogP contribution in [0, 0.1) is 0 Å². The fourth-order valence-corrected chi connectivity index (χ4v) is 2.40. The van der Waals surface area contributed by atoms with Crippen LogP contribution in [0.25, 0.3) is 0 Å². The van der Waals surface area contributed by atoms with E-state index in [0.29, 0.717) is 12.1 Å². The number of nitrogens with zero attached hydrogens (tertiary/aromatic N) is 3. The van der Waals surface area contributed by atoms with E-state index in [1.54, 1.807) is 13.0 Å². The van der Waals surface area contributed by atoms with Crippen LogP contribution in [-0.4, -0.2) is 55.1 Å². The van der Waals surface area contributed by atoms with Gasteiger partial charge in [-0.05, 0) is 59.1 Å². The molecule has 0 aliphatic carbocycles. The van der Waals surface area contributed by atoms with E-state index in [1.807, 2.05) is 0 Å². The summed E-state index contributed by atoms with van der Waals surface area (Å²) in [5.41, 5.74) is -0.355. The third-order valence-corrected chi connectivity index (χ3v) is 3.79. The zero-order valence-corrected chi connectivity index (χ0v) is 13.8. The van der Waals surface area contributed by atoms with Gasteiger partial charge in [-0.25, -0.2) is 4.98 Å². The normalized spacial score (nSPS) is 19.7. The SMILES string of the molecule is CCc1cccc(C(F)(F)F)n1.CN1CCCC(N(C)C)C1. The molecule has 3 nitrogen and oxygen atoms in total. The van der Waals surface area contributed by atoms with Crippen molar-refractivity contribution in [2.24, 2.45) is 0 Å². The topological polar surface area (TPSA) is 19.4 Å². The van der Waals surface area contributed by atoms with Crippen LogP contribution < -0.4 is 0 Å². The predicted octanol–water partition coefficient (Wildman–Crippen LogP) is 3.31. The Hall–Kier alpha value is -1.14. The van der Waals surface area contributed by atoms with E-state index in [4.69, 9.17) is 0 Å². The standard InChI is InChI=1S/C8H8F3N.C8H18N2/c1-2-6-4-3-5-7(12-6)8(9,10)11;1-9(2)8-5-4-6-10(3)7-8/h3-5H,2H2,1H3;8H,4-7H2,1-3H3. The Morgan fingerprint density at radius 3 is 2.45 bits per heavy atom. The molecule has 1 aliphatic rings. The highest BCUT2D eigenvalue weighted by Crippen LogP contribution is 2.27. The number of likely N-dealkylation sites (tertiary alicyclic amines) is 1. The van der Waals surface area contributed by atoms with Gasteiger partial charge in [0.25, 0.3) is 0 Å². The van der Waals surface area contributed by atoms with E-state index in [0.717, 1.165) is 12.1 Å². The van der Waals surface area contributed by atoms with Crippen molar-refractivity contribution in [2.75, 3.05) is 34.2 Å². The number of pyridine rings is 1. The largest absolute Gasteiger partial charge is 0.433 e. The first-order chi connectivity index (χ1) is 10.2. The van der Waals surface area contributed by atoms with Crippen molar-refractivity contribution in [1.29, 1.82) is 0 Å². The first-order valence-electron chi connectivity index (χ1n) is 7.62. The van der Waals surface area contributed by atoms with Crippen LogP contribution in [0.3, 0.4) is 0 Å². The number of rotatable bonds is 2. The summed E-state index contributed by atoms with van der Waals surface area (Å²) >= 11 is 0. The van der Waals surface area contributed by atoms with Crippen LogP contribution in [0.15, 0.2) is 18.2 Å². The minimum Gasteiger partial charge on any atom is -0.305 e. The maximum Gasteiger partial charge on any atom is 0.433 e. The Bertz CT molecular complexity index is 447. The molecule has 1 aromatic rings. The summed E-state index contributed by atoms with van der Waals surface area (Å²) in [5.74, 6) is 0.